The van der Waals surface area contributed by atoms with E-state index in [4.69, 9.17) is 9.47 Å². The zero-order valence-corrected chi connectivity index (χ0v) is 18.1. The van der Waals surface area contributed by atoms with Crippen LogP contribution in [0.25, 0.3) is 0 Å². The van der Waals surface area contributed by atoms with Crippen molar-refractivity contribution in [3.8, 4) is 11.5 Å². The minimum absolute atomic E-state index is 0.115. The maximum atomic E-state index is 12.8. The number of carbonyl (C=O) groups is 2. The van der Waals surface area contributed by atoms with E-state index in [0.717, 1.165) is 11.5 Å². The third-order valence-electron chi connectivity index (χ3n) is 4.48. The van der Waals surface area contributed by atoms with Gasteiger partial charge in [-0.05, 0) is 62.4 Å². The van der Waals surface area contributed by atoms with Crippen LogP contribution < -0.4 is 14.8 Å². The highest BCUT2D eigenvalue weighted by molar-refractivity contribution is 8.15. The van der Waals surface area contributed by atoms with Crippen LogP contribution in [0, 0.1) is 0 Å². The number of amides is 2. The molecule has 1 fully saturated rings. The largest absolute Gasteiger partial charge is 0.497 e. The number of hydrogen-bond acceptors (Lipinski definition) is 6. The van der Waals surface area contributed by atoms with E-state index in [0.29, 0.717) is 29.7 Å². The van der Waals surface area contributed by atoms with Crippen LogP contribution >= 0.6 is 11.8 Å². The molecular formula is C22H25N3O4S. The lowest BCUT2D eigenvalue weighted by atomic mass is 10.2. The number of nitrogens with one attached hydrogen (secondary N) is 1. The maximum absolute atomic E-state index is 12.8. The highest BCUT2D eigenvalue weighted by Gasteiger charge is 2.35. The Morgan fingerprint density at radius 3 is 2.40 bits per heavy atom. The number of anilines is 1. The third-order valence-corrected chi connectivity index (χ3v) is 5.67. The van der Waals surface area contributed by atoms with Crippen LogP contribution in [0.5, 0.6) is 11.5 Å². The van der Waals surface area contributed by atoms with E-state index in [9.17, 15) is 9.59 Å². The van der Waals surface area contributed by atoms with Crippen LogP contribution in [0.3, 0.4) is 0 Å². The van der Waals surface area contributed by atoms with E-state index in [1.165, 1.54) is 11.8 Å². The molecule has 3 rings (SSSR count). The Balaban J connectivity index is 1.74. The van der Waals surface area contributed by atoms with E-state index >= 15 is 0 Å². The maximum Gasteiger partial charge on any atom is 0.238 e. The van der Waals surface area contributed by atoms with Crippen molar-refractivity contribution < 1.29 is 19.1 Å². The number of thioether (sulfide) groups is 1. The summed E-state index contributed by atoms with van der Waals surface area (Å²) in [5.74, 6) is 1.13. The third kappa shape index (κ3) is 5.33. The second-order valence-electron chi connectivity index (χ2n) is 6.49. The Kier molecular flexibility index (Phi) is 7.35. The first-order valence-corrected chi connectivity index (χ1v) is 10.7. The summed E-state index contributed by atoms with van der Waals surface area (Å²) in [6, 6.07) is 14.4. The summed E-state index contributed by atoms with van der Waals surface area (Å²) in [5, 5.41) is 2.84. The summed E-state index contributed by atoms with van der Waals surface area (Å²) in [7, 11) is 1.60. The number of aliphatic imine (C=N–C) groups is 1. The number of methoxy groups -OCH3 is 1. The smallest absolute Gasteiger partial charge is 0.238 e. The molecule has 1 heterocycles. The lowest BCUT2D eigenvalue weighted by Gasteiger charge is -2.30. The van der Waals surface area contributed by atoms with E-state index in [-0.39, 0.29) is 18.2 Å². The summed E-state index contributed by atoms with van der Waals surface area (Å²) in [5.41, 5.74) is 1.35. The molecule has 0 bridgehead atoms. The molecule has 1 N–H and O–H groups in total. The SMILES string of the molecule is CCOc1ccc(NC(=O)[C@@H]2CC(=O)N(CC)C(=Nc3ccc(OC)cc3)S2)cc1. The van der Waals surface area contributed by atoms with Gasteiger partial charge in [-0.1, -0.05) is 11.8 Å². The molecule has 1 aliphatic heterocycles. The molecule has 8 heteroatoms. The minimum atomic E-state index is -0.552. The molecular weight excluding hydrogens is 402 g/mol. The van der Waals surface area contributed by atoms with Gasteiger partial charge < -0.3 is 14.8 Å². The van der Waals surface area contributed by atoms with E-state index in [2.05, 4.69) is 10.3 Å². The van der Waals surface area contributed by atoms with Crippen molar-refractivity contribution in [2.45, 2.75) is 25.5 Å². The summed E-state index contributed by atoms with van der Waals surface area (Å²) in [4.78, 5) is 31.6. The lowest BCUT2D eigenvalue weighted by Crippen LogP contribution is -2.45. The zero-order valence-electron chi connectivity index (χ0n) is 17.3. The molecule has 0 aromatic heterocycles. The Bertz CT molecular complexity index is 913. The first kappa shape index (κ1) is 21.7. The lowest BCUT2D eigenvalue weighted by molar-refractivity contribution is -0.129. The van der Waals surface area contributed by atoms with Crippen molar-refractivity contribution in [2.75, 3.05) is 25.6 Å². The van der Waals surface area contributed by atoms with E-state index < -0.39 is 5.25 Å². The predicted octanol–water partition coefficient (Wildman–Crippen LogP) is 4.07. The quantitative estimate of drug-likeness (QED) is 0.720. The van der Waals surface area contributed by atoms with Crippen molar-refractivity contribution >= 4 is 40.1 Å². The van der Waals surface area contributed by atoms with Gasteiger partial charge in [-0.15, -0.1) is 0 Å². The predicted molar refractivity (Wildman–Crippen MR) is 120 cm³/mol. The molecule has 0 spiro atoms. The van der Waals surface area contributed by atoms with Crippen LogP contribution in [0.1, 0.15) is 20.3 Å². The van der Waals surface area contributed by atoms with Crippen molar-refractivity contribution in [1.29, 1.82) is 0 Å². The van der Waals surface area contributed by atoms with Gasteiger partial charge >= 0.3 is 0 Å². The van der Waals surface area contributed by atoms with Crippen molar-refractivity contribution in [2.24, 2.45) is 4.99 Å². The molecule has 2 aromatic carbocycles. The molecule has 158 valence electrons. The van der Waals surface area contributed by atoms with Crippen molar-refractivity contribution in [1.82, 2.24) is 4.90 Å². The van der Waals surface area contributed by atoms with Gasteiger partial charge in [-0.25, -0.2) is 4.99 Å². The summed E-state index contributed by atoms with van der Waals surface area (Å²) < 4.78 is 10.6. The van der Waals surface area contributed by atoms with E-state index in [1.807, 2.05) is 26.0 Å². The van der Waals surface area contributed by atoms with Gasteiger partial charge in [0.2, 0.25) is 11.8 Å². The molecule has 1 atom stereocenters. The van der Waals surface area contributed by atoms with Crippen molar-refractivity contribution in [3.63, 3.8) is 0 Å². The van der Waals surface area contributed by atoms with Crippen molar-refractivity contribution in [3.05, 3.63) is 48.5 Å². The summed E-state index contributed by atoms with van der Waals surface area (Å²) >= 11 is 1.30. The van der Waals surface area contributed by atoms with Gasteiger partial charge in [0, 0.05) is 18.7 Å². The number of hydrogen-bond donors (Lipinski definition) is 1. The summed E-state index contributed by atoms with van der Waals surface area (Å²) in [6.07, 6.45) is 0.128. The monoisotopic (exact) mass is 427 g/mol. The number of benzene rings is 2. The Morgan fingerprint density at radius 2 is 1.80 bits per heavy atom. The fraction of sp³-hybridized carbons (Fsp3) is 0.318. The Morgan fingerprint density at radius 1 is 1.13 bits per heavy atom. The zero-order chi connectivity index (χ0) is 21.5. The first-order chi connectivity index (χ1) is 14.5. The molecule has 0 radical (unpaired) electrons. The molecule has 30 heavy (non-hydrogen) atoms. The van der Waals surface area contributed by atoms with E-state index in [1.54, 1.807) is 48.4 Å². The summed E-state index contributed by atoms with van der Waals surface area (Å²) in [6.45, 7) is 4.88. The van der Waals surface area contributed by atoms with Gasteiger partial charge in [0.1, 0.15) is 16.7 Å². The van der Waals surface area contributed by atoms with Gasteiger partial charge in [-0.3, -0.25) is 14.5 Å². The molecule has 1 saturated heterocycles. The Hall–Kier alpha value is -3.00. The van der Waals surface area contributed by atoms with Crippen LogP contribution in [-0.4, -0.2) is 47.4 Å². The normalized spacial score (nSPS) is 17.7. The molecule has 0 aliphatic carbocycles. The Labute approximate surface area is 180 Å². The fourth-order valence-corrected chi connectivity index (χ4v) is 4.11. The van der Waals surface area contributed by atoms with Gasteiger partial charge in [0.05, 0.1) is 19.4 Å². The second-order valence-corrected chi connectivity index (χ2v) is 7.66. The van der Waals surface area contributed by atoms with Crippen LogP contribution in [-0.2, 0) is 9.59 Å². The van der Waals surface area contributed by atoms with Gasteiger partial charge in [0.25, 0.3) is 0 Å². The first-order valence-electron chi connectivity index (χ1n) is 9.77. The van der Waals surface area contributed by atoms with Crippen LogP contribution in [0.4, 0.5) is 11.4 Å². The van der Waals surface area contributed by atoms with Crippen LogP contribution in [0.2, 0.25) is 0 Å². The van der Waals surface area contributed by atoms with Gasteiger partial charge in [0.15, 0.2) is 5.17 Å². The molecule has 1 aliphatic rings. The highest BCUT2D eigenvalue weighted by atomic mass is 32.2. The highest BCUT2D eigenvalue weighted by Crippen LogP contribution is 2.30. The molecule has 7 nitrogen and oxygen atoms in total. The second kappa shape index (κ2) is 10.2. The number of ether oxygens (including phenoxy) is 2. The van der Waals surface area contributed by atoms with Crippen LogP contribution in [0.15, 0.2) is 53.5 Å². The topological polar surface area (TPSA) is 80.2 Å². The number of nitrogens with zero attached hydrogens (tertiary/aromatic N) is 2. The average Bonchev–Trinajstić information content (AvgIpc) is 2.75. The molecule has 0 unspecified atom stereocenters. The van der Waals surface area contributed by atoms with Gasteiger partial charge in [-0.2, -0.15) is 0 Å². The molecule has 0 saturated carbocycles. The average molecular weight is 428 g/mol. The molecule has 2 aromatic rings. The number of amidine groups is 1. The standard InChI is InChI=1S/C22H25N3O4S/c1-4-25-20(26)14-19(21(27)23-15-8-12-18(13-9-15)29-5-2)30-22(25)24-16-6-10-17(28-3)11-7-16/h6-13,19H,4-5,14H2,1-3H3,(H,23,27)/t19-/m0/s1. The fourth-order valence-electron chi connectivity index (χ4n) is 2.94. The number of carbonyl (C=O) groups excluding carboxylic acids is 2. The molecule has 2 amide bonds. The minimum Gasteiger partial charge on any atom is -0.497 e. The number of rotatable bonds is 7.